The predicted molar refractivity (Wildman–Crippen MR) is 105 cm³/mol. The smallest absolute Gasteiger partial charge is 0.275 e. The molecule has 8 heteroatoms. The number of nitriles is 1. The van der Waals surface area contributed by atoms with Crippen LogP contribution >= 0.6 is 0 Å². The van der Waals surface area contributed by atoms with E-state index in [1.54, 1.807) is 48.5 Å². The molecule has 3 rings (SSSR count). The van der Waals surface area contributed by atoms with Crippen molar-refractivity contribution in [1.29, 1.82) is 5.26 Å². The van der Waals surface area contributed by atoms with Gasteiger partial charge in [-0.3, -0.25) is 9.59 Å². The Morgan fingerprint density at radius 3 is 2.29 bits per heavy atom. The van der Waals surface area contributed by atoms with Crippen LogP contribution in [-0.2, 0) is 4.79 Å². The molecule has 0 saturated carbocycles. The summed E-state index contributed by atoms with van der Waals surface area (Å²) in [4.78, 5) is 31.6. The number of carbonyl (C=O) groups excluding carboxylic acids is 2. The molecule has 0 fully saturated rings. The van der Waals surface area contributed by atoms with Crippen molar-refractivity contribution in [2.45, 2.75) is 6.92 Å². The summed E-state index contributed by atoms with van der Waals surface area (Å²) < 4.78 is 0. The monoisotopic (exact) mass is 372 g/mol. The molecule has 0 spiro atoms. The van der Waals surface area contributed by atoms with Crippen molar-refractivity contribution in [2.75, 3.05) is 16.0 Å². The zero-order valence-electron chi connectivity index (χ0n) is 14.9. The largest absolute Gasteiger partial charge is 0.339 e. The van der Waals surface area contributed by atoms with Gasteiger partial charge in [0.1, 0.15) is 17.6 Å². The number of amides is 2. The quantitative estimate of drug-likeness (QED) is 0.632. The second kappa shape index (κ2) is 8.42. The van der Waals surface area contributed by atoms with Crippen molar-refractivity contribution >= 4 is 34.7 Å². The van der Waals surface area contributed by atoms with Gasteiger partial charge in [-0.15, -0.1) is 0 Å². The van der Waals surface area contributed by atoms with Gasteiger partial charge in [0, 0.05) is 18.3 Å². The number of para-hydroxylation sites is 1. The number of aromatic nitrogens is 2. The molecular weight excluding hydrogens is 356 g/mol. The van der Waals surface area contributed by atoms with E-state index in [0.29, 0.717) is 22.8 Å². The normalized spacial score (nSPS) is 9.86. The van der Waals surface area contributed by atoms with Gasteiger partial charge >= 0.3 is 0 Å². The summed E-state index contributed by atoms with van der Waals surface area (Å²) in [5.74, 6) is -0.138. The fraction of sp³-hybridized carbons (Fsp3) is 0.0500. The summed E-state index contributed by atoms with van der Waals surface area (Å²) in [5, 5.41) is 17.5. The van der Waals surface area contributed by atoms with E-state index in [2.05, 4.69) is 25.9 Å². The molecule has 0 aliphatic heterocycles. The van der Waals surface area contributed by atoms with E-state index in [4.69, 9.17) is 5.26 Å². The Bertz CT molecular complexity index is 1040. The first-order valence-electron chi connectivity index (χ1n) is 8.32. The lowest BCUT2D eigenvalue weighted by Gasteiger charge is -2.08. The van der Waals surface area contributed by atoms with Crippen LogP contribution in [0.15, 0.2) is 60.9 Å². The Morgan fingerprint density at radius 1 is 0.929 bits per heavy atom. The Balaban J connectivity index is 1.65. The van der Waals surface area contributed by atoms with Gasteiger partial charge in [-0.2, -0.15) is 5.26 Å². The Hall–Kier alpha value is -4.25. The van der Waals surface area contributed by atoms with Crippen LogP contribution in [0.1, 0.15) is 23.0 Å². The molecule has 0 saturated heterocycles. The third-order valence-corrected chi connectivity index (χ3v) is 3.66. The standard InChI is InChI=1S/C20H16N6O2/c1-13(27)24-15-6-8-16(9-7-15)25-19-12-22-18(11-23-19)20(28)26-17-5-3-2-4-14(17)10-21/h2-9,11-12H,1H3,(H,23,25)(H,24,27)(H,26,28). The van der Waals surface area contributed by atoms with Crippen molar-refractivity contribution in [2.24, 2.45) is 0 Å². The lowest BCUT2D eigenvalue weighted by molar-refractivity contribution is -0.114. The molecule has 0 bridgehead atoms. The molecule has 0 atom stereocenters. The van der Waals surface area contributed by atoms with Crippen LogP contribution in [-0.4, -0.2) is 21.8 Å². The van der Waals surface area contributed by atoms with E-state index in [1.807, 2.05) is 6.07 Å². The Kier molecular flexibility index (Phi) is 5.58. The van der Waals surface area contributed by atoms with E-state index >= 15 is 0 Å². The number of benzene rings is 2. The summed E-state index contributed by atoms with van der Waals surface area (Å²) >= 11 is 0. The highest BCUT2D eigenvalue weighted by Crippen LogP contribution is 2.18. The summed E-state index contributed by atoms with van der Waals surface area (Å²) in [7, 11) is 0. The summed E-state index contributed by atoms with van der Waals surface area (Å²) in [5.41, 5.74) is 2.35. The zero-order valence-corrected chi connectivity index (χ0v) is 14.9. The molecule has 1 heterocycles. The van der Waals surface area contributed by atoms with Crippen molar-refractivity contribution in [3.63, 3.8) is 0 Å². The number of rotatable bonds is 5. The van der Waals surface area contributed by atoms with Gasteiger partial charge in [0.05, 0.1) is 23.6 Å². The van der Waals surface area contributed by atoms with Gasteiger partial charge in [0.25, 0.3) is 5.91 Å². The number of nitrogens with zero attached hydrogens (tertiary/aromatic N) is 3. The number of carbonyl (C=O) groups is 2. The second-order valence-electron chi connectivity index (χ2n) is 5.78. The molecule has 28 heavy (non-hydrogen) atoms. The fourth-order valence-electron chi connectivity index (χ4n) is 2.37. The Labute approximate surface area is 161 Å². The maximum atomic E-state index is 12.3. The van der Waals surface area contributed by atoms with Crippen molar-refractivity contribution in [3.8, 4) is 6.07 Å². The van der Waals surface area contributed by atoms with E-state index in [0.717, 1.165) is 5.69 Å². The van der Waals surface area contributed by atoms with Gasteiger partial charge < -0.3 is 16.0 Å². The van der Waals surface area contributed by atoms with Crippen molar-refractivity contribution in [3.05, 3.63) is 72.2 Å². The summed E-state index contributed by atoms with van der Waals surface area (Å²) in [6.07, 6.45) is 2.78. The summed E-state index contributed by atoms with van der Waals surface area (Å²) in [6.45, 7) is 1.44. The highest BCUT2D eigenvalue weighted by molar-refractivity contribution is 6.03. The first-order chi connectivity index (χ1) is 13.5. The SMILES string of the molecule is CC(=O)Nc1ccc(Nc2cnc(C(=O)Nc3ccccc3C#N)cn2)cc1. The number of hydrogen-bond donors (Lipinski definition) is 3. The minimum absolute atomic E-state index is 0.124. The maximum Gasteiger partial charge on any atom is 0.275 e. The molecule has 0 radical (unpaired) electrons. The van der Waals surface area contributed by atoms with Crippen LogP contribution in [0.25, 0.3) is 0 Å². The van der Waals surface area contributed by atoms with Crippen molar-refractivity contribution < 1.29 is 9.59 Å². The molecule has 1 aromatic heterocycles. The van der Waals surface area contributed by atoms with Gasteiger partial charge in [-0.25, -0.2) is 9.97 Å². The van der Waals surface area contributed by atoms with Crippen LogP contribution in [0.3, 0.4) is 0 Å². The topological polar surface area (TPSA) is 120 Å². The molecule has 0 aliphatic rings. The minimum Gasteiger partial charge on any atom is -0.339 e. The van der Waals surface area contributed by atoms with E-state index in [-0.39, 0.29) is 11.6 Å². The zero-order chi connectivity index (χ0) is 19.9. The molecule has 0 unspecified atom stereocenters. The lowest BCUT2D eigenvalue weighted by Crippen LogP contribution is -2.15. The molecule has 8 nitrogen and oxygen atoms in total. The third-order valence-electron chi connectivity index (χ3n) is 3.66. The van der Waals surface area contributed by atoms with Gasteiger partial charge in [-0.1, -0.05) is 12.1 Å². The average molecular weight is 372 g/mol. The van der Waals surface area contributed by atoms with E-state index in [1.165, 1.54) is 19.3 Å². The Morgan fingerprint density at radius 2 is 1.64 bits per heavy atom. The fourth-order valence-corrected chi connectivity index (χ4v) is 2.37. The highest BCUT2D eigenvalue weighted by Gasteiger charge is 2.11. The molecule has 0 aliphatic carbocycles. The highest BCUT2D eigenvalue weighted by atomic mass is 16.2. The van der Waals surface area contributed by atoms with Crippen LogP contribution in [0.4, 0.5) is 22.9 Å². The van der Waals surface area contributed by atoms with Crippen molar-refractivity contribution in [1.82, 2.24) is 9.97 Å². The molecule has 138 valence electrons. The first-order valence-corrected chi connectivity index (χ1v) is 8.32. The molecule has 2 aromatic carbocycles. The summed E-state index contributed by atoms with van der Waals surface area (Å²) in [6, 6.07) is 15.8. The van der Waals surface area contributed by atoms with Crippen LogP contribution in [0, 0.1) is 11.3 Å². The van der Waals surface area contributed by atoms with Gasteiger partial charge in [0.2, 0.25) is 5.91 Å². The first kappa shape index (κ1) is 18.5. The predicted octanol–water partition coefficient (Wildman–Crippen LogP) is 3.30. The second-order valence-corrected chi connectivity index (χ2v) is 5.78. The van der Waals surface area contributed by atoms with Crippen LogP contribution in [0.2, 0.25) is 0 Å². The molecule has 3 N–H and O–H groups in total. The van der Waals surface area contributed by atoms with Gasteiger partial charge in [-0.05, 0) is 36.4 Å². The minimum atomic E-state index is -0.457. The molecule has 2 amide bonds. The average Bonchev–Trinajstić information content (AvgIpc) is 2.70. The molecule has 3 aromatic rings. The van der Waals surface area contributed by atoms with Crippen LogP contribution < -0.4 is 16.0 Å². The molecular formula is C20H16N6O2. The number of anilines is 4. The number of hydrogen-bond acceptors (Lipinski definition) is 6. The van der Waals surface area contributed by atoms with Crippen LogP contribution in [0.5, 0.6) is 0 Å². The maximum absolute atomic E-state index is 12.3. The van der Waals surface area contributed by atoms with E-state index < -0.39 is 5.91 Å². The number of nitrogens with one attached hydrogen (secondary N) is 3. The van der Waals surface area contributed by atoms with E-state index in [9.17, 15) is 9.59 Å². The van der Waals surface area contributed by atoms with Gasteiger partial charge in [0.15, 0.2) is 0 Å². The third kappa shape index (κ3) is 4.68. The lowest BCUT2D eigenvalue weighted by atomic mass is 10.2.